The summed E-state index contributed by atoms with van der Waals surface area (Å²) in [5.74, 6) is 0.815. The van der Waals surface area contributed by atoms with Crippen molar-refractivity contribution in [1.29, 1.82) is 0 Å². The second-order valence-electron chi connectivity index (χ2n) is 5.30. The summed E-state index contributed by atoms with van der Waals surface area (Å²) < 4.78 is 6.90. The molecule has 0 spiro atoms. The van der Waals surface area contributed by atoms with Crippen molar-refractivity contribution in [1.82, 2.24) is 9.78 Å². The molecule has 0 amide bonds. The van der Waals surface area contributed by atoms with Gasteiger partial charge in [-0.2, -0.15) is 5.10 Å². The number of hydrogen-bond acceptors (Lipinski definition) is 3. The van der Waals surface area contributed by atoms with Crippen LogP contribution in [0.15, 0.2) is 65.5 Å². The SMILES string of the molecule is CCOc1ccc(-c2ccc(=O)n(Cc3ccc(Cl)cc3)n2)cc1. The standard InChI is InChI=1S/C19H17ClN2O2/c1-2-24-17-9-5-15(6-10-17)18-11-12-19(23)22(21-18)13-14-3-7-16(20)8-4-14/h3-12H,2,13H2,1H3. The zero-order chi connectivity index (χ0) is 16.9. The van der Waals surface area contributed by atoms with Gasteiger partial charge in [-0.05, 0) is 55.0 Å². The fraction of sp³-hybridized carbons (Fsp3) is 0.158. The Bertz CT molecular complexity index is 871. The third kappa shape index (κ3) is 3.84. The number of nitrogens with zero attached hydrogens (tertiary/aromatic N) is 2. The van der Waals surface area contributed by atoms with Crippen molar-refractivity contribution < 1.29 is 4.74 Å². The molecular weight excluding hydrogens is 324 g/mol. The van der Waals surface area contributed by atoms with Gasteiger partial charge in [-0.3, -0.25) is 4.79 Å². The summed E-state index contributed by atoms with van der Waals surface area (Å²) in [7, 11) is 0. The van der Waals surface area contributed by atoms with Gasteiger partial charge in [-0.1, -0.05) is 23.7 Å². The van der Waals surface area contributed by atoms with Gasteiger partial charge < -0.3 is 4.74 Å². The van der Waals surface area contributed by atoms with Crippen LogP contribution in [0.25, 0.3) is 11.3 Å². The summed E-state index contributed by atoms with van der Waals surface area (Å²) in [4.78, 5) is 12.1. The number of aromatic nitrogens is 2. The molecule has 0 bridgehead atoms. The molecule has 0 N–H and O–H groups in total. The minimum atomic E-state index is -0.139. The average molecular weight is 341 g/mol. The molecule has 3 rings (SSSR count). The summed E-state index contributed by atoms with van der Waals surface area (Å²) in [6.07, 6.45) is 0. The van der Waals surface area contributed by atoms with Gasteiger partial charge >= 0.3 is 0 Å². The summed E-state index contributed by atoms with van der Waals surface area (Å²) in [5, 5.41) is 5.13. The van der Waals surface area contributed by atoms with E-state index in [1.165, 1.54) is 10.7 Å². The zero-order valence-electron chi connectivity index (χ0n) is 13.3. The highest BCUT2D eigenvalue weighted by Crippen LogP contribution is 2.20. The highest BCUT2D eigenvalue weighted by atomic mass is 35.5. The van der Waals surface area contributed by atoms with Gasteiger partial charge in [-0.25, -0.2) is 4.68 Å². The number of halogens is 1. The number of rotatable bonds is 5. The van der Waals surface area contributed by atoms with Gasteiger partial charge in [0.25, 0.3) is 5.56 Å². The molecule has 0 unspecified atom stereocenters. The quantitative estimate of drug-likeness (QED) is 0.705. The summed E-state index contributed by atoms with van der Waals surface area (Å²) >= 11 is 5.89. The molecule has 1 heterocycles. The first kappa shape index (κ1) is 16.3. The van der Waals surface area contributed by atoms with E-state index >= 15 is 0 Å². The van der Waals surface area contributed by atoms with E-state index < -0.39 is 0 Å². The van der Waals surface area contributed by atoms with Crippen LogP contribution in [0.3, 0.4) is 0 Å². The largest absolute Gasteiger partial charge is 0.494 e. The predicted octanol–water partition coefficient (Wildman–Crippen LogP) is 4.01. The van der Waals surface area contributed by atoms with E-state index in [0.717, 1.165) is 22.6 Å². The molecule has 24 heavy (non-hydrogen) atoms. The zero-order valence-corrected chi connectivity index (χ0v) is 14.0. The molecule has 0 radical (unpaired) electrons. The molecule has 2 aromatic carbocycles. The van der Waals surface area contributed by atoms with E-state index in [1.807, 2.05) is 43.3 Å². The highest BCUT2D eigenvalue weighted by Gasteiger charge is 2.05. The first-order valence-electron chi connectivity index (χ1n) is 7.71. The van der Waals surface area contributed by atoms with Crippen molar-refractivity contribution >= 4 is 11.6 Å². The molecule has 5 heteroatoms. The van der Waals surface area contributed by atoms with Crippen LogP contribution in [-0.4, -0.2) is 16.4 Å². The van der Waals surface area contributed by atoms with Crippen LogP contribution in [0.1, 0.15) is 12.5 Å². The fourth-order valence-electron chi connectivity index (χ4n) is 2.37. The Morgan fingerprint density at radius 2 is 1.71 bits per heavy atom. The normalized spacial score (nSPS) is 10.6. The van der Waals surface area contributed by atoms with Crippen LogP contribution in [0.4, 0.5) is 0 Å². The number of ether oxygens (including phenoxy) is 1. The van der Waals surface area contributed by atoms with Crippen LogP contribution in [-0.2, 0) is 6.54 Å². The lowest BCUT2D eigenvalue weighted by Gasteiger charge is -2.08. The number of benzene rings is 2. The smallest absolute Gasteiger partial charge is 0.267 e. The van der Waals surface area contributed by atoms with Crippen LogP contribution in [0.5, 0.6) is 5.75 Å². The van der Waals surface area contributed by atoms with Crippen LogP contribution >= 0.6 is 11.6 Å². The fourth-order valence-corrected chi connectivity index (χ4v) is 2.49. The molecule has 0 saturated heterocycles. The Balaban J connectivity index is 1.88. The minimum absolute atomic E-state index is 0.139. The van der Waals surface area contributed by atoms with Gasteiger partial charge in [0.1, 0.15) is 5.75 Å². The van der Waals surface area contributed by atoms with E-state index in [1.54, 1.807) is 18.2 Å². The van der Waals surface area contributed by atoms with Crippen molar-refractivity contribution in [3.63, 3.8) is 0 Å². The molecule has 0 fully saturated rings. The molecule has 3 aromatic rings. The van der Waals surface area contributed by atoms with Crippen molar-refractivity contribution in [3.8, 4) is 17.0 Å². The van der Waals surface area contributed by atoms with E-state index in [0.29, 0.717) is 18.2 Å². The van der Waals surface area contributed by atoms with Gasteiger partial charge in [0.2, 0.25) is 0 Å². The van der Waals surface area contributed by atoms with Gasteiger partial charge in [-0.15, -0.1) is 0 Å². The van der Waals surface area contributed by atoms with Gasteiger partial charge in [0, 0.05) is 16.7 Å². The molecule has 1 aromatic heterocycles. The average Bonchev–Trinajstić information content (AvgIpc) is 2.60. The van der Waals surface area contributed by atoms with Crippen molar-refractivity contribution in [2.45, 2.75) is 13.5 Å². The van der Waals surface area contributed by atoms with Crippen LogP contribution in [0, 0.1) is 0 Å². The highest BCUT2D eigenvalue weighted by molar-refractivity contribution is 6.30. The molecule has 0 aliphatic carbocycles. The number of hydrogen-bond donors (Lipinski definition) is 0. The lowest BCUT2D eigenvalue weighted by Crippen LogP contribution is -2.22. The maximum absolute atomic E-state index is 12.1. The van der Waals surface area contributed by atoms with Gasteiger partial charge in [0.15, 0.2) is 0 Å². The van der Waals surface area contributed by atoms with Crippen LogP contribution < -0.4 is 10.3 Å². The van der Waals surface area contributed by atoms with Crippen molar-refractivity contribution in [3.05, 3.63) is 81.6 Å². The summed E-state index contributed by atoms with van der Waals surface area (Å²) in [6.45, 7) is 2.98. The molecule has 122 valence electrons. The maximum atomic E-state index is 12.1. The first-order valence-corrected chi connectivity index (χ1v) is 8.09. The van der Waals surface area contributed by atoms with Crippen molar-refractivity contribution in [2.24, 2.45) is 0 Å². The Hall–Kier alpha value is -2.59. The Kier molecular flexibility index (Phi) is 4.96. The van der Waals surface area contributed by atoms with Crippen LogP contribution in [0.2, 0.25) is 5.02 Å². The molecule has 0 aliphatic heterocycles. The third-order valence-corrected chi connectivity index (χ3v) is 3.83. The minimum Gasteiger partial charge on any atom is -0.494 e. The Labute approximate surface area is 145 Å². The third-order valence-electron chi connectivity index (χ3n) is 3.57. The molecular formula is C19H17ClN2O2. The van der Waals surface area contributed by atoms with E-state index in [4.69, 9.17) is 16.3 Å². The summed E-state index contributed by atoms with van der Waals surface area (Å²) in [6, 6.07) is 18.3. The molecule has 0 aliphatic rings. The van der Waals surface area contributed by atoms with E-state index in [2.05, 4.69) is 5.10 Å². The molecule has 4 nitrogen and oxygen atoms in total. The van der Waals surface area contributed by atoms with Crippen molar-refractivity contribution in [2.75, 3.05) is 6.61 Å². The van der Waals surface area contributed by atoms with E-state index in [9.17, 15) is 4.79 Å². The Morgan fingerprint density at radius 3 is 2.38 bits per heavy atom. The second-order valence-corrected chi connectivity index (χ2v) is 5.73. The predicted molar refractivity (Wildman–Crippen MR) is 95.7 cm³/mol. The topological polar surface area (TPSA) is 44.1 Å². The lowest BCUT2D eigenvalue weighted by atomic mass is 10.1. The van der Waals surface area contributed by atoms with E-state index in [-0.39, 0.29) is 5.56 Å². The molecule has 0 saturated carbocycles. The maximum Gasteiger partial charge on any atom is 0.267 e. The molecule has 0 atom stereocenters. The lowest BCUT2D eigenvalue weighted by molar-refractivity contribution is 0.340. The van der Waals surface area contributed by atoms with Gasteiger partial charge in [0.05, 0.1) is 18.8 Å². The summed E-state index contributed by atoms with van der Waals surface area (Å²) in [5.41, 5.74) is 2.51. The monoisotopic (exact) mass is 340 g/mol. The first-order chi connectivity index (χ1) is 11.7. The second kappa shape index (κ2) is 7.32. The Morgan fingerprint density at radius 1 is 1.00 bits per heavy atom.